The number of rotatable bonds is 4. The summed E-state index contributed by atoms with van der Waals surface area (Å²) in [6.07, 6.45) is 1.98. The number of piperidine rings is 1. The Bertz CT molecular complexity index is 1050. The highest BCUT2D eigenvalue weighted by molar-refractivity contribution is 7.91. The van der Waals surface area contributed by atoms with Crippen LogP contribution in [0.1, 0.15) is 19.8 Å². The Morgan fingerprint density at radius 1 is 1.04 bits per heavy atom. The molecule has 0 aliphatic carbocycles. The first-order chi connectivity index (χ1) is 13.4. The quantitative estimate of drug-likeness (QED) is 0.594. The van der Waals surface area contributed by atoms with E-state index in [-0.39, 0.29) is 9.92 Å². The molecule has 1 fully saturated rings. The molecule has 1 aliphatic rings. The summed E-state index contributed by atoms with van der Waals surface area (Å²) in [5, 5.41) is 0.442. The fourth-order valence-corrected chi connectivity index (χ4v) is 4.76. The molecule has 1 aromatic heterocycles. The minimum absolute atomic E-state index is 0.0387. The summed E-state index contributed by atoms with van der Waals surface area (Å²) in [5.74, 6) is 1.24. The molecule has 3 aromatic rings. The first kappa shape index (κ1) is 19.0. The van der Waals surface area contributed by atoms with E-state index in [1.165, 1.54) is 12.1 Å². The van der Waals surface area contributed by atoms with E-state index >= 15 is 0 Å². The van der Waals surface area contributed by atoms with Gasteiger partial charge in [-0.1, -0.05) is 36.7 Å². The number of oxazole rings is 1. The van der Waals surface area contributed by atoms with E-state index in [4.69, 9.17) is 16.0 Å². The van der Waals surface area contributed by atoms with Crippen molar-refractivity contribution in [2.45, 2.75) is 29.7 Å². The zero-order chi connectivity index (χ0) is 19.7. The van der Waals surface area contributed by atoms with Gasteiger partial charge in [0.25, 0.3) is 0 Å². The molecule has 4 rings (SSSR count). The molecule has 1 aliphatic heterocycles. The van der Waals surface area contributed by atoms with Gasteiger partial charge in [-0.15, -0.1) is 0 Å². The van der Waals surface area contributed by atoms with Gasteiger partial charge >= 0.3 is 0 Å². The molecule has 5 nitrogen and oxygen atoms in total. The maximum atomic E-state index is 13.3. The predicted molar refractivity (Wildman–Crippen MR) is 109 cm³/mol. The molecular weight excluding hydrogens is 396 g/mol. The average Bonchev–Trinajstić information content (AvgIpc) is 3.16. The molecule has 0 amide bonds. The Balaban J connectivity index is 1.82. The van der Waals surface area contributed by atoms with E-state index in [0.717, 1.165) is 31.5 Å². The standard InChI is InChI=1S/C21H21ClN2O3S/c1-15-11-13-24(14-12-15)21-20(23-19(27-21)16-5-3-2-4-6-16)28(25,26)18-9-7-17(22)8-10-18/h2-10,15H,11-14H2,1H3. The Hall–Kier alpha value is -2.31. The fourth-order valence-electron chi connectivity index (χ4n) is 3.31. The minimum atomic E-state index is -3.84. The summed E-state index contributed by atoms with van der Waals surface area (Å²) in [6, 6.07) is 15.5. The van der Waals surface area contributed by atoms with Gasteiger partial charge < -0.3 is 9.32 Å². The average molecular weight is 417 g/mol. The summed E-state index contributed by atoms with van der Waals surface area (Å²) in [5.41, 5.74) is 0.742. The molecule has 0 unspecified atom stereocenters. The summed E-state index contributed by atoms with van der Waals surface area (Å²) in [4.78, 5) is 6.55. The topological polar surface area (TPSA) is 63.4 Å². The number of nitrogens with zero attached hydrogens (tertiary/aromatic N) is 2. The lowest BCUT2D eigenvalue weighted by atomic mass is 9.99. The van der Waals surface area contributed by atoms with Crippen molar-refractivity contribution in [3.8, 4) is 11.5 Å². The van der Waals surface area contributed by atoms with E-state index in [1.54, 1.807) is 12.1 Å². The van der Waals surface area contributed by atoms with Crippen LogP contribution < -0.4 is 4.90 Å². The number of anilines is 1. The zero-order valence-electron chi connectivity index (χ0n) is 15.5. The van der Waals surface area contributed by atoms with Crippen molar-refractivity contribution in [2.24, 2.45) is 5.92 Å². The number of halogens is 1. The molecular formula is C21H21ClN2O3S. The Morgan fingerprint density at radius 2 is 1.68 bits per heavy atom. The molecule has 2 aromatic carbocycles. The van der Waals surface area contributed by atoms with Crippen LogP contribution in [0.15, 0.2) is 68.9 Å². The maximum absolute atomic E-state index is 13.3. The number of hydrogen-bond donors (Lipinski definition) is 0. The highest BCUT2D eigenvalue weighted by Gasteiger charge is 2.32. The van der Waals surface area contributed by atoms with Gasteiger partial charge in [0.15, 0.2) is 0 Å². The summed E-state index contributed by atoms with van der Waals surface area (Å²) < 4.78 is 32.7. The monoisotopic (exact) mass is 416 g/mol. The Labute approximate surface area is 169 Å². The van der Waals surface area contributed by atoms with Crippen LogP contribution in [0, 0.1) is 5.92 Å². The van der Waals surface area contributed by atoms with Gasteiger partial charge in [0.05, 0.1) is 4.90 Å². The summed E-state index contributed by atoms with van der Waals surface area (Å²) in [7, 11) is -3.84. The lowest BCUT2D eigenvalue weighted by Gasteiger charge is -2.30. The third-order valence-corrected chi connectivity index (χ3v) is 6.97. The zero-order valence-corrected chi connectivity index (χ0v) is 17.1. The molecule has 146 valence electrons. The lowest BCUT2D eigenvalue weighted by molar-refractivity contribution is 0.416. The van der Waals surface area contributed by atoms with E-state index < -0.39 is 9.84 Å². The van der Waals surface area contributed by atoms with Crippen molar-refractivity contribution in [1.82, 2.24) is 4.98 Å². The number of benzene rings is 2. The fraction of sp³-hybridized carbons (Fsp3) is 0.286. The number of sulfone groups is 1. The van der Waals surface area contributed by atoms with Crippen LogP contribution in [0.2, 0.25) is 5.02 Å². The van der Waals surface area contributed by atoms with Crippen LogP contribution in [0.4, 0.5) is 5.88 Å². The largest absolute Gasteiger partial charge is 0.419 e. The number of hydrogen-bond acceptors (Lipinski definition) is 5. The second kappa shape index (κ2) is 7.60. The van der Waals surface area contributed by atoms with E-state index in [1.807, 2.05) is 35.2 Å². The summed E-state index contributed by atoms with van der Waals surface area (Å²) in [6.45, 7) is 3.69. The van der Waals surface area contributed by atoms with Gasteiger partial charge in [-0.3, -0.25) is 0 Å². The number of aromatic nitrogens is 1. The Morgan fingerprint density at radius 3 is 2.32 bits per heavy atom. The van der Waals surface area contributed by atoms with Gasteiger partial charge in [-0.2, -0.15) is 4.98 Å². The van der Waals surface area contributed by atoms with Crippen molar-refractivity contribution in [3.63, 3.8) is 0 Å². The van der Waals surface area contributed by atoms with Crippen LogP contribution in [0.5, 0.6) is 0 Å². The normalized spacial score (nSPS) is 15.7. The SMILES string of the molecule is CC1CCN(c2oc(-c3ccccc3)nc2S(=O)(=O)c2ccc(Cl)cc2)CC1. The highest BCUT2D eigenvalue weighted by Crippen LogP contribution is 2.36. The van der Waals surface area contributed by atoms with Crippen LogP contribution in [-0.2, 0) is 9.84 Å². The maximum Gasteiger partial charge on any atom is 0.236 e. The van der Waals surface area contributed by atoms with Crippen LogP contribution in [-0.4, -0.2) is 26.5 Å². The molecule has 7 heteroatoms. The van der Waals surface area contributed by atoms with Crippen molar-refractivity contribution in [2.75, 3.05) is 18.0 Å². The molecule has 28 heavy (non-hydrogen) atoms. The van der Waals surface area contributed by atoms with Gasteiger partial charge in [0.2, 0.25) is 26.6 Å². The van der Waals surface area contributed by atoms with E-state index in [2.05, 4.69) is 11.9 Å². The van der Waals surface area contributed by atoms with Crippen molar-refractivity contribution in [3.05, 3.63) is 59.6 Å². The van der Waals surface area contributed by atoms with E-state index in [0.29, 0.717) is 22.7 Å². The first-order valence-corrected chi connectivity index (χ1v) is 11.1. The third kappa shape index (κ3) is 3.66. The van der Waals surface area contributed by atoms with Crippen molar-refractivity contribution in [1.29, 1.82) is 0 Å². The molecule has 1 saturated heterocycles. The van der Waals surface area contributed by atoms with Crippen molar-refractivity contribution >= 4 is 27.3 Å². The van der Waals surface area contributed by atoms with Crippen LogP contribution >= 0.6 is 11.6 Å². The van der Waals surface area contributed by atoms with Crippen molar-refractivity contribution < 1.29 is 12.8 Å². The second-order valence-electron chi connectivity index (χ2n) is 7.12. The van der Waals surface area contributed by atoms with Crippen LogP contribution in [0.3, 0.4) is 0 Å². The minimum Gasteiger partial charge on any atom is -0.419 e. The third-order valence-electron chi connectivity index (χ3n) is 5.05. The summed E-state index contributed by atoms with van der Waals surface area (Å²) >= 11 is 5.92. The van der Waals surface area contributed by atoms with Crippen LogP contribution in [0.25, 0.3) is 11.5 Å². The van der Waals surface area contributed by atoms with Gasteiger partial charge in [0, 0.05) is 23.7 Å². The second-order valence-corrected chi connectivity index (χ2v) is 9.42. The van der Waals surface area contributed by atoms with Gasteiger partial charge in [0.1, 0.15) is 0 Å². The molecule has 0 atom stereocenters. The molecule has 0 saturated carbocycles. The molecule has 0 radical (unpaired) electrons. The van der Waals surface area contributed by atoms with Gasteiger partial charge in [-0.05, 0) is 55.2 Å². The lowest BCUT2D eigenvalue weighted by Crippen LogP contribution is -2.33. The highest BCUT2D eigenvalue weighted by atomic mass is 35.5. The molecule has 0 spiro atoms. The first-order valence-electron chi connectivity index (χ1n) is 9.27. The smallest absolute Gasteiger partial charge is 0.236 e. The molecule has 0 bridgehead atoms. The van der Waals surface area contributed by atoms with E-state index in [9.17, 15) is 8.42 Å². The Kier molecular flexibility index (Phi) is 5.17. The predicted octanol–water partition coefficient (Wildman–Crippen LogP) is 5.06. The van der Waals surface area contributed by atoms with Gasteiger partial charge in [-0.25, -0.2) is 8.42 Å². The molecule has 2 heterocycles. The molecule has 0 N–H and O–H groups in total.